The number of ether oxygens (including phenoxy) is 1. The lowest BCUT2D eigenvalue weighted by Gasteiger charge is -2.17. The fourth-order valence-electron chi connectivity index (χ4n) is 1.21. The van der Waals surface area contributed by atoms with Crippen molar-refractivity contribution < 1.29 is 4.74 Å². The molecule has 2 atom stereocenters. The predicted molar refractivity (Wildman–Crippen MR) is 54.5 cm³/mol. The molecular formula is C11H17NO. The van der Waals surface area contributed by atoms with Crippen LogP contribution in [0.2, 0.25) is 0 Å². The molecule has 2 heteroatoms. The molecule has 13 heavy (non-hydrogen) atoms. The Morgan fingerprint density at radius 1 is 1.23 bits per heavy atom. The van der Waals surface area contributed by atoms with Crippen LogP contribution >= 0.6 is 0 Å². The largest absolute Gasteiger partial charge is 0.370 e. The zero-order chi connectivity index (χ0) is 9.68. The molecule has 0 aliphatic heterocycles. The van der Waals surface area contributed by atoms with Crippen LogP contribution in [0.3, 0.4) is 0 Å². The zero-order valence-electron chi connectivity index (χ0n) is 8.23. The van der Waals surface area contributed by atoms with Crippen molar-refractivity contribution in [2.24, 2.45) is 5.73 Å². The average Bonchev–Trinajstić information content (AvgIpc) is 2.19. The van der Waals surface area contributed by atoms with Crippen LogP contribution in [0.15, 0.2) is 30.3 Å². The first-order valence-electron chi connectivity index (χ1n) is 4.64. The van der Waals surface area contributed by atoms with Crippen molar-refractivity contribution in [3.05, 3.63) is 35.9 Å². The minimum atomic E-state index is 0.121. The summed E-state index contributed by atoms with van der Waals surface area (Å²) >= 11 is 0. The van der Waals surface area contributed by atoms with E-state index in [0.29, 0.717) is 6.54 Å². The van der Waals surface area contributed by atoms with Crippen molar-refractivity contribution in [2.75, 3.05) is 6.54 Å². The molecule has 72 valence electrons. The lowest BCUT2D eigenvalue weighted by atomic mass is 10.1. The van der Waals surface area contributed by atoms with Gasteiger partial charge in [-0.2, -0.15) is 0 Å². The van der Waals surface area contributed by atoms with Gasteiger partial charge in [0, 0.05) is 6.54 Å². The molecule has 0 aliphatic carbocycles. The van der Waals surface area contributed by atoms with Gasteiger partial charge in [0.15, 0.2) is 0 Å². The molecular weight excluding hydrogens is 162 g/mol. The highest BCUT2D eigenvalue weighted by atomic mass is 16.5. The van der Waals surface area contributed by atoms with E-state index < -0.39 is 0 Å². The standard InChI is InChI=1S/C11H17NO/c1-9(8-12)13-10(2)11-6-4-3-5-7-11/h3-7,9-10H,8,12H2,1-2H3. The third-order valence-electron chi connectivity index (χ3n) is 2.04. The van der Waals surface area contributed by atoms with Crippen molar-refractivity contribution in [3.8, 4) is 0 Å². The Bertz CT molecular complexity index is 235. The molecule has 0 heterocycles. The molecule has 2 nitrogen and oxygen atoms in total. The van der Waals surface area contributed by atoms with Gasteiger partial charge in [-0.3, -0.25) is 0 Å². The van der Waals surface area contributed by atoms with Gasteiger partial charge in [0.2, 0.25) is 0 Å². The second-order valence-electron chi connectivity index (χ2n) is 3.24. The Morgan fingerprint density at radius 3 is 2.38 bits per heavy atom. The fraction of sp³-hybridized carbons (Fsp3) is 0.455. The highest BCUT2D eigenvalue weighted by Crippen LogP contribution is 2.17. The molecule has 0 amide bonds. The van der Waals surface area contributed by atoms with Crippen LogP contribution < -0.4 is 5.73 Å². The first-order valence-corrected chi connectivity index (χ1v) is 4.64. The molecule has 0 radical (unpaired) electrons. The highest BCUT2D eigenvalue weighted by molar-refractivity contribution is 5.16. The third kappa shape index (κ3) is 3.17. The molecule has 0 fully saturated rings. The summed E-state index contributed by atoms with van der Waals surface area (Å²) in [6.07, 6.45) is 0.245. The Morgan fingerprint density at radius 2 is 1.85 bits per heavy atom. The molecule has 1 aromatic carbocycles. The second kappa shape index (κ2) is 5.00. The van der Waals surface area contributed by atoms with E-state index in [0.717, 1.165) is 0 Å². The normalized spacial score (nSPS) is 15.3. The van der Waals surface area contributed by atoms with Gasteiger partial charge >= 0.3 is 0 Å². The second-order valence-corrected chi connectivity index (χ2v) is 3.24. The Labute approximate surface area is 79.7 Å². The Kier molecular flexibility index (Phi) is 3.93. The maximum absolute atomic E-state index is 5.66. The van der Waals surface area contributed by atoms with E-state index in [1.807, 2.05) is 32.0 Å². The SMILES string of the molecule is CC(CN)OC(C)c1ccccc1. The van der Waals surface area contributed by atoms with Gasteiger partial charge in [0.05, 0.1) is 12.2 Å². The van der Waals surface area contributed by atoms with Crippen LogP contribution in [0.1, 0.15) is 25.5 Å². The molecule has 1 aromatic rings. The van der Waals surface area contributed by atoms with E-state index in [9.17, 15) is 0 Å². The van der Waals surface area contributed by atoms with Gasteiger partial charge in [-0.15, -0.1) is 0 Å². The predicted octanol–water partition coefficient (Wildman–Crippen LogP) is 2.11. The monoisotopic (exact) mass is 179 g/mol. The molecule has 2 N–H and O–H groups in total. The number of hydrogen-bond acceptors (Lipinski definition) is 2. The van der Waals surface area contributed by atoms with Gasteiger partial charge in [0.1, 0.15) is 0 Å². The number of hydrogen-bond donors (Lipinski definition) is 1. The van der Waals surface area contributed by atoms with Crippen molar-refractivity contribution in [2.45, 2.75) is 26.1 Å². The fourth-order valence-corrected chi connectivity index (χ4v) is 1.21. The summed E-state index contributed by atoms with van der Waals surface area (Å²) in [4.78, 5) is 0. The molecule has 0 saturated heterocycles. The number of benzene rings is 1. The minimum absolute atomic E-state index is 0.121. The van der Waals surface area contributed by atoms with Crippen LogP contribution in [0.25, 0.3) is 0 Å². The van der Waals surface area contributed by atoms with Crippen LogP contribution in [0.5, 0.6) is 0 Å². The molecule has 0 saturated carbocycles. The van der Waals surface area contributed by atoms with Crippen molar-refractivity contribution in [1.82, 2.24) is 0 Å². The van der Waals surface area contributed by atoms with Crippen molar-refractivity contribution in [1.29, 1.82) is 0 Å². The first-order chi connectivity index (χ1) is 6.24. The lowest BCUT2D eigenvalue weighted by molar-refractivity contribution is 0.0124. The van der Waals surface area contributed by atoms with E-state index in [1.165, 1.54) is 5.56 Å². The van der Waals surface area contributed by atoms with Gasteiger partial charge in [0.25, 0.3) is 0 Å². The maximum atomic E-state index is 5.66. The van der Waals surface area contributed by atoms with Crippen LogP contribution in [-0.4, -0.2) is 12.6 Å². The maximum Gasteiger partial charge on any atom is 0.0801 e. The molecule has 1 rings (SSSR count). The van der Waals surface area contributed by atoms with E-state index in [2.05, 4.69) is 12.1 Å². The molecule has 0 aliphatic rings. The molecule has 0 spiro atoms. The third-order valence-corrected chi connectivity index (χ3v) is 2.04. The minimum Gasteiger partial charge on any atom is -0.370 e. The summed E-state index contributed by atoms with van der Waals surface area (Å²) in [5, 5.41) is 0. The summed E-state index contributed by atoms with van der Waals surface area (Å²) in [6.45, 7) is 4.60. The average molecular weight is 179 g/mol. The van der Waals surface area contributed by atoms with Gasteiger partial charge in [-0.05, 0) is 19.4 Å². The number of nitrogens with two attached hydrogens (primary N) is 1. The van der Waals surface area contributed by atoms with Crippen LogP contribution in [0, 0.1) is 0 Å². The van der Waals surface area contributed by atoms with E-state index >= 15 is 0 Å². The zero-order valence-corrected chi connectivity index (χ0v) is 8.23. The molecule has 2 unspecified atom stereocenters. The Hall–Kier alpha value is -0.860. The summed E-state index contributed by atoms with van der Waals surface area (Å²) in [5.41, 5.74) is 6.67. The highest BCUT2D eigenvalue weighted by Gasteiger charge is 2.08. The Balaban J connectivity index is 2.53. The summed E-state index contributed by atoms with van der Waals surface area (Å²) in [7, 11) is 0. The van der Waals surface area contributed by atoms with Gasteiger partial charge < -0.3 is 10.5 Å². The van der Waals surface area contributed by atoms with Gasteiger partial charge in [-0.25, -0.2) is 0 Å². The topological polar surface area (TPSA) is 35.2 Å². The van der Waals surface area contributed by atoms with Crippen LogP contribution in [0.4, 0.5) is 0 Å². The summed E-state index contributed by atoms with van der Waals surface area (Å²) in [5.74, 6) is 0. The first kappa shape index (κ1) is 10.2. The smallest absolute Gasteiger partial charge is 0.0801 e. The van der Waals surface area contributed by atoms with Gasteiger partial charge in [-0.1, -0.05) is 30.3 Å². The summed E-state index contributed by atoms with van der Waals surface area (Å²) in [6, 6.07) is 10.2. The quantitative estimate of drug-likeness (QED) is 0.768. The van der Waals surface area contributed by atoms with Crippen molar-refractivity contribution >= 4 is 0 Å². The molecule has 0 bridgehead atoms. The van der Waals surface area contributed by atoms with Crippen molar-refractivity contribution in [3.63, 3.8) is 0 Å². The van der Waals surface area contributed by atoms with E-state index in [-0.39, 0.29) is 12.2 Å². The van der Waals surface area contributed by atoms with E-state index in [4.69, 9.17) is 10.5 Å². The number of rotatable bonds is 4. The lowest BCUT2D eigenvalue weighted by Crippen LogP contribution is -2.21. The summed E-state index contributed by atoms with van der Waals surface area (Å²) < 4.78 is 5.66. The van der Waals surface area contributed by atoms with E-state index in [1.54, 1.807) is 0 Å². The van der Waals surface area contributed by atoms with Crippen LogP contribution in [-0.2, 0) is 4.74 Å². The molecule has 0 aromatic heterocycles.